The van der Waals surface area contributed by atoms with Gasteiger partial charge in [0, 0.05) is 13.5 Å². The Balaban J connectivity index is 1.70. The van der Waals surface area contributed by atoms with Gasteiger partial charge in [0.25, 0.3) is 0 Å². The summed E-state index contributed by atoms with van der Waals surface area (Å²) in [6.07, 6.45) is 5.65. The Morgan fingerprint density at radius 2 is 2.26 bits per heavy atom. The van der Waals surface area contributed by atoms with Crippen LogP contribution >= 0.6 is 0 Å². The van der Waals surface area contributed by atoms with Crippen molar-refractivity contribution in [1.82, 2.24) is 9.88 Å². The highest BCUT2D eigenvalue weighted by atomic mass is 16.5. The fourth-order valence-corrected chi connectivity index (χ4v) is 2.98. The zero-order valence-corrected chi connectivity index (χ0v) is 11.6. The summed E-state index contributed by atoms with van der Waals surface area (Å²) in [7, 11) is 0. The van der Waals surface area contributed by atoms with Crippen LogP contribution < -0.4 is 4.74 Å². The summed E-state index contributed by atoms with van der Waals surface area (Å²) in [4.78, 5) is 17.6. The van der Waals surface area contributed by atoms with E-state index < -0.39 is 0 Å². The Kier molecular flexibility index (Phi) is 3.17. The van der Waals surface area contributed by atoms with Crippen molar-refractivity contribution in [3.8, 4) is 5.75 Å². The summed E-state index contributed by atoms with van der Waals surface area (Å²) in [5.41, 5.74) is 2.13. The summed E-state index contributed by atoms with van der Waals surface area (Å²) in [5, 5.41) is 0. The minimum Gasteiger partial charge on any atom is -0.489 e. The maximum atomic E-state index is 11.4. The molecular formula is C15H20N2O2. The van der Waals surface area contributed by atoms with Crippen molar-refractivity contribution < 1.29 is 9.53 Å². The molecule has 1 amide bonds. The normalized spacial score (nSPS) is 25.5. The first-order chi connectivity index (χ1) is 9.11. The van der Waals surface area contributed by atoms with Gasteiger partial charge in [0.15, 0.2) is 0 Å². The molecule has 0 saturated heterocycles. The lowest BCUT2D eigenvalue weighted by atomic mass is 10.1. The van der Waals surface area contributed by atoms with Crippen molar-refractivity contribution in [2.45, 2.75) is 52.3 Å². The van der Waals surface area contributed by atoms with Crippen molar-refractivity contribution in [2.75, 3.05) is 0 Å². The SMILES string of the molecule is CC(=O)N1Cc2cc(O[C@H]3CC[C@@H](C)C3)cnc2C1. The fraction of sp³-hybridized carbons (Fsp3) is 0.600. The van der Waals surface area contributed by atoms with Gasteiger partial charge >= 0.3 is 0 Å². The van der Waals surface area contributed by atoms with Crippen molar-refractivity contribution in [3.05, 3.63) is 23.5 Å². The number of rotatable bonds is 2. The molecule has 0 N–H and O–H groups in total. The quantitative estimate of drug-likeness (QED) is 0.820. The molecule has 2 heterocycles. The van der Waals surface area contributed by atoms with Crippen LogP contribution in [0.2, 0.25) is 0 Å². The van der Waals surface area contributed by atoms with E-state index in [4.69, 9.17) is 4.74 Å². The third-order valence-corrected chi connectivity index (χ3v) is 4.13. The molecule has 4 nitrogen and oxygen atoms in total. The number of aromatic nitrogens is 1. The molecule has 0 unspecified atom stereocenters. The molecule has 1 saturated carbocycles. The molecule has 1 aliphatic heterocycles. The van der Waals surface area contributed by atoms with Crippen LogP contribution in [0.4, 0.5) is 0 Å². The van der Waals surface area contributed by atoms with E-state index in [2.05, 4.69) is 11.9 Å². The number of hydrogen-bond donors (Lipinski definition) is 0. The molecule has 0 radical (unpaired) electrons. The second-order valence-electron chi connectivity index (χ2n) is 5.81. The highest BCUT2D eigenvalue weighted by molar-refractivity contribution is 5.74. The van der Waals surface area contributed by atoms with E-state index in [1.54, 1.807) is 18.0 Å². The van der Waals surface area contributed by atoms with E-state index >= 15 is 0 Å². The number of fused-ring (bicyclic) bond motifs is 1. The van der Waals surface area contributed by atoms with Crippen LogP contribution in [0.1, 0.15) is 44.4 Å². The number of nitrogens with zero attached hydrogens (tertiary/aromatic N) is 2. The lowest BCUT2D eigenvalue weighted by Crippen LogP contribution is -2.21. The number of amides is 1. The third kappa shape index (κ3) is 2.57. The summed E-state index contributed by atoms with van der Waals surface area (Å²) in [6.45, 7) is 5.17. The maximum absolute atomic E-state index is 11.4. The highest BCUT2D eigenvalue weighted by Crippen LogP contribution is 2.30. The second-order valence-corrected chi connectivity index (χ2v) is 5.81. The van der Waals surface area contributed by atoms with Crippen LogP contribution in [0, 0.1) is 5.92 Å². The van der Waals surface area contributed by atoms with Crippen LogP contribution in [0.25, 0.3) is 0 Å². The Morgan fingerprint density at radius 1 is 1.42 bits per heavy atom. The fourth-order valence-electron chi connectivity index (χ4n) is 2.98. The third-order valence-electron chi connectivity index (χ3n) is 4.13. The molecular weight excluding hydrogens is 240 g/mol. The van der Waals surface area contributed by atoms with E-state index in [0.29, 0.717) is 19.2 Å². The largest absolute Gasteiger partial charge is 0.489 e. The molecule has 102 valence electrons. The van der Waals surface area contributed by atoms with E-state index in [9.17, 15) is 4.79 Å². The molecule has 0 aromatic carbocycles. The first-order valence-electron chi connectivity index (χ1n) is 7.02. The predicted molar refractivity (Wildman–Crippen MR) is 71.6 cm³/mol. The van der Waals surface area contributed by atoms with E-state index in [1.165, 1.54) is 6.42 Å². The lowest BCUT2D eigenvalue weighted by Gasteiger charge is -2.13. The van der Waals surface area contributed by atoms with Gasteiger partial charge in [0.1, 0.15) is 5.75 Å². The summed E-state index contributed by atoms with van der Waals surface area (Å²) >= 11 is 0. The molecule has 0 bridgehead atoms. The van der Waals surface area contributed by atoms with Gasteiger partial charge in [-0.15, -0.1) is 0 Å². The van der Waals surface area contributed by atoms with Gasteiger partial charge in [0.2, 0.25) is 5.91 Å². The molecule has 1 aromatic heterocycles. The summed E-state index contributed by atoms with van der Waals surface area (Å²) in [5.74, 6) is 1.72. The number of pyridine rings is 1. The monoisotopic (exact) mass is 260 g/mol. The molecule has 1 aliphatic carbocycles. The minimum atomic E-state index is 0.102. The molecule has 0 spiro atoms. The Labute approximate surface area is 113 Å². The van der Waals surface area contributed by atoms with Gasteiger partial charge < -0.3 is 9.64 Å². The topological polar surface area (TPSA) is 42.4 Å². The van der Waals surface area contributed by atoms with Crippen LogP contribution in [-0.2, 0) is 17.9 Å². The molecule has 2 aliphatic rings. The van der Waals surface area contributed by atoms with Gasteiger partial charge in [-0.2, -0.15) is 0 Å². The Morgan fingerprint density at radius 3 is 2.95 bits per heavy atom. The molecule has 3 rings (SSSR count). The Bertz CT molecular complexity index is 501. The van der Waals surface area contributed by atoms with Gasteiger partial charge in [-0.3, -0.25) is 9.78 Å². The van der Waals surface area contributed by atoms with Crippen molar-refractivity contribution >= 4 is 5.91 Å². The standard InChI is InChI=1S/C15H20N2O2/c1-10-3-4-13(5-10)19-14-6-12-8-17(11(2)18)9-15(12)16-7-14/h6-7,10,13H,3-5,8-9H2,1-2H3/t10-,13+/m1/s1. The Hall–Kier alpha value is -1.58. The number of carbonyl (C=O) groups excluding carboxylic acids is 1. The molecule has 2 atom stereocenters. The second kappa shape index (κ2) is 4.83. The predicted octanol–water partition coefficient (Wildman–Crippen LogP) is 2.51. The molecule has 4 heteroatoms. The van der Waals surface area contributed by atoms with E-state index in [1.807, 2.05) is 6.07 Å². The van der Waals surface area contributed by atoms with Crippen molar-refractivity contribution in [3.63, 3.8) is 0 Å². The lowest BCUT2D eigenvalue weighted by molar-refractivity contribution is -0.129. The maximum Gasteiger partial charge on any atom is 0.220 e. The first-order valence-corrected chi connectivity index (χ1v) is 7.02. The average Bonchev–Trinajstić information content (AvgIpc) is 2.95. The highest BCUT2D eigenvalue weighted by Gasteiger charge is 2.25. The zero-order chi connectivity index (χ0) is 13.4. The van der Waals surface area contributed by atoms with Gasteiger partial charge in [-0.05, 0) is 36.8 Å². The van der Waals surface area contributed by atoms with E-state index in [-0.39, 0.29) is 5.91 Å². The zero-order valence-electron chi connectivity index (χ0n) is 11.6. The van der Waals surface area contributed by atoms with Crippen molar-refractivity contribution in [2.24, 2.45) is 5.92 Å². The van der Waals surface area contributed by atoms with Gasteiger partial charge in [-0.25, -0.2) is 0 Å². The summed E-state index contributed by atoms with van der Waals surface area (Å²) in [6, 6.07) is 2.05. The smallest absolute Gasteiger partial charge is 0.220 e. The van der Waals surface area contributed by atoms with E-state index in [0.717, 1.165) is 35.8 Å². The molecule has 19 heavy (non-hydrogen) atoms. The van der Waals surface area contributed by atoms with Crippen LogP contribution in [0.3, 0.4) is 0 Å². The molecule has 1 aromatic rings. The van der Waals surface area contributed by atoms with Crippen LogP contribution in [0.5, 0.6) is 5.75 Å². The summed E-state index contributed by atoms with van der Waals surface area (Å²) < 4.78 is 6.00. The van der Waals surface area contributed by atoms with Gasteiger partial charge in [-0.1, -0.05) is 6.92 Å². The van der Waals surface area contributed by atoms with Gasteiger partial charge in [0.05, 0.1) is 24.5 Å². The molecule has 1 fully saturated rings. The van der Waals surface area contributed by atoms with Crippen LogP contribution in [0.15, 0.2) is 12.3 Å². The van der Waals surface area contributed by atoms with Crippen LogP contribution in [-0.4, -0.2) is 21.9 Å². The average molecular weight is 260 g/mol. The number of carbonyl (C=O) groups is 1. The minimum absolute atomic E-state index is 0.102. The first kappa shape index (κ1) is 12.5. The van der Waals surface area contributed by atoms with Crippen molar-refractivity contribution in [1.29, 1.82) is 0 Å². The number of hydrogen-bond acceptors (Lipinski definition) is 3. The number of ether oxygens (including phenoxy) is 1.